The van der Waals surface area contributed by atoms with Gasteiger partial charge in [-0.3, -0.25) is 4.79 Å². The van der Waals surface area contributed by atoms with Crippen molar-refractivity contribution < 1.29 is 14.3 Å². The monoisotopic (exact) mass is 452 g/mol. The summed E-state index contributed by atoms with van der Waals surface area (Å²) in [4.78, 5) is 31.3. The summed E-state index contributed by atoms with van der Waals surface area (Å²) in [5, 5.41) is 3.83. The van der Waals surface area contributed by atoms with E-state index >= 15 is 0 Å². The molecule has 0 spiro atoms. The number of aromatic nitrogens is 4. The van der Waals surface area contributed by atoms with Crippen LogP contribution in [0.2, 0.25) is 0 Å². The number of carbonyl (C=O) groups is 1. The molecule has 10 heteroatoms. The highest BCUT2D eigenvalue weighted by atomic mass is 32.1. The second-order valence-electron chi connectivity index (χ2n) is 8.18. The molecule has 32 heavy (non-hydrogen) atoms. The van der Waals surface area contributed by atoms with Crippen molar-refractivity contribution in [1.29, 1.82) is 0 Å². The van der Waals surface area contributed by atoms with Gasteiger partial charge in [0, 0.05) is 29.6 Å². The van der Waals surface area contributed by atoms with E-state index in [9.17, 15) is 4.79 Å². The zero-order valence-electron chi connectivity index (χ0n) is 18.3. The molecule has 1 amide bonds. The number of amides is 1. The molecular formula is C22H24N6O3S. The molecule has 5 rings (SSSR count). The van der Waals surface area contributed by atoms with Crippen molar-refractivity contribution in [3.05, 3.63) is 23.8 Å². The van der Waals surface area contributed by atoms with E-state index in [0.717, 1.165) is 34.2 Å². The predicted molar refractivity (Wildman–Crippen MR) is 124 cm³/mol. The summed E-state index contributed by atoms with van der Waals surface area (Å²) in [6, 6.07) is 3.75. The van der Waals surface area contributed by atoms with Crippen molar-refractivity contribution in [1.82, 2.24) is 24.8 Å². The largest absolute Gasteiger partial charge is 0.494 e. The van der Waals surface area contributed by atoms with Crippen molar-refractivity contribution in [2.75, 3.05) is 40.2 Å². The van der Waals surface area contributed by atoms with E-state index in [1.165, 1.54) is 11.3 Å². The minimum Gasteiger partial charge on any atom is -0.494 e. The van der Waals surface area contributed by atoms with Gasteiger partial charge in [0.05, 0.1) is 25.3 Å². The van der Waals surface area contributed by atoms with Crippen LogP contribution in [0.25, 0.3) is 32.5 Å². The van der Waals surface area contributed by atoms with Gasteiger partial charge in [-0.25, -0.2) is 9.97 Å². The van der Waals surface area contributed by atoms with Crippen LogP contribution >= 0.6 is 11.3 Å². The molecule has 166 valence electrons. The smallest absolute Gasteiger partial charge is 0.228 e. The molecule has 1 aliphatic carbocycles. The highest BCUT2D eigenvalue weighted by Crippen LogP contribution is 2.45. The molecule has 4 aromatic heterocycles. The molecule has 4 aromatic rings. The standard InChI is InChI=1S/C22H24N6O3S/c1-28(2)9-11-7-13(11)21(29)26-15-6-5-12-14(8-23-19(12)25-15)16-17(30-3)18-20(24-10-32-18)27-22(16)31-4/h5-6,8,10-11,13H,7,9H2,1-4H3,(H2,23,25,26,29)/t11-,13+/m0/s1. The maximum atomic E-state index is 12.6. The Hall–Kier alpha value is -3.24. The Morgan fingerprint density at radius 3 is 2.88 bits per heavy atom. The van der Waals surface area contributed by atoms with Crippen LogP contribution in [-0.2, 0) is 4.79 Å². The van der Waals surface area contributed by atoms with E-state index in [1.54, 1.807) is 19.7 Å². The lowest BCUT2D eigenvalue weighted by molar-refractivity contribution is -0.117. The number of methoxy groups -OCH3 is 2. The van der Waals surface area contributed by atoms with Crippen molar-refractivity contribution in [3.63, 3.8) is 0 Å². The lowest BCUT2D eigenvalue weighted by Crippen LogP contribution is -2.20. The first-order chi connectivity index (χ1) is 15.5. The first-order valence-electron chi connectivity index (χ1n) is 10.3. The van der Waals surface area contributed by atoms with E-state index in [0.29, 0.717) is 34.7 Å². The third kappa shape index (κ3) is 3.55. The molecule has 1 saturated carbocycles. The molecule has 0 aliphatic heterocycles. The summed E-state index contributed by atoms with van der Waals surface area (Å²) in [6.07, 6.45) is 2.78. The van der Waals surface area contributed by atoms with Gasteiger partial charge in [-0.2, -0.15) is 4.98 Å². The van der Waals surface area contributed by atoms with Crippen molar-refractivity contribution in [3.8, 4) is 22.8 Å². The Morgan fingerprint density at radius 2 is 2.12 bits per heavy atom. The van der Waals surface area contributed by atoms with Crippen LogP contribution in [0.5, 0.6) is 11.6 Å². The van der Waals surface area contributed by atoms with Crippen LogP contribution in [0.3, 0.4) is 0 Å². The summed E-state index contributed by atoms with van der Waals surface area (Å²) >= 11 is 1.47. The average molecular weight is 453 g/mol. The first kappa shape index (κ1) is 20.7. The summed E-state index contributed by atoms with van der Waals surface area (Å²) < 4.78 is 12.2. The Bertz CT molecular complexity index is 1310. The van der Waals surface area contributed by atoms with Crippen molar-refractivity contribution in [2.24, 2.45) is 11.8 Å². The first-order valence-corrected chi connectivity index (χ1v) is 11.2. The lowest BCUT2D eigenvalue weighted by Gasteiger charge is -2.12. The number of aromatic amines is 1. The number of hydrogen-bond donors (Lipinski definition) is 2. The zero-order chi connectivity index (χ0) is 22.4. The van der Waals surface area contributed by atoms with Gasteiger partial charge in [-0.15, -0.1) is 11.3 Å². The third-order valence-electron chi connectivity index (χ3n) is 5.72. The Morgan fingerprint density at radius 1 is 1.28 bits per heavy atom. The molecule has 0 bridgehead atoms. The summed E-state index contributed by atoms with van der Waals surface area (Å²) in [5.41, 5.74) is 4.57. The minimum atomic E-state index is 0.0265. The highest BCUT2D eigenvalue weighted by Gasteiger charge is 2.43. The van der Waals surface area contributed by atoms with E-state index in [-0.39, 0.29) is 11.8 Å². The third-order valence-corrected chi connectivity index (χ3v) is 6.53. The van der Waals surface area contributed by atoms with Gasteiger partial charge in [0.25, 0.3) is 0 Å². The van der Waals surface area contributed by atoms with Crippen LogP contribution < -0.4 is 14.8 Å². The maximum absolute atomic E-state index is 12.6. The summed E-state index contributed by atoms with van der Waals surface area (Å²) in [5.74, 6) is 2.12. The van der Waals surface area contributed by atoms with E-state index in [2.05, 4.69) is 30.2 Å². The fourth-order valence-electron chi connectivity index (χ4n) is 4.16. The number of carbonyl (C=O) groups excluding carboxylic acids is 1. The fourth-order valence-corrected chi connectivity index (χ4v) is 4.91. The second kappa shape index (κ2) is 8.03. The highest BCUT2D eigenvalue weighted by molar-refractivity contribution is 7.17. The van der Waals surface area contributed by atoms with Gasteiger partial charge >= 0.3 is 0 Å². The molecule has 1 fully saturated rings. The number of H-pyrrole nitrogens is 1. The van der Waals surface area contributed by atoms with Gasteiger partial charge in [-0.05, 0) is 38.6 Å². The average Bonchev–Trinajstić information content (AvgIpc) is 3.18. The summed E-state index contributed by atoms with van der Waals surface area (Å²) in [7, 11) is 7.25. The summed E-state index contributed by atoms with van der Waals surface area (Å²) in [6.45, 7) is 0.923. The van der Waals surface area contributed by atoms with E-state index in [1.807, 2.05) is 32.4 Å². The minimum absolute atomic E-state index is 0.0265. The molecule has 0 radical (unpaired) electrons. The number of fused-ring (bicyclic) bond motifs is 2. The normalized spacial score (nSPS) is 17.8. The SMILES string of the molecule is COc1nc2ncsc2c(OC)c1-c1c[nH]c2nc(NC(=O)[C@@H]3C[C@H]3CN(C)C)ccc12. The van der Waals surface area contributed by atoms with Gasteiger partial charge < -0.3 is 24.7 Å². The van der Waals surface area contributed by atoms with Crippen molar-refractivity contribution >= 4 is 44.4 Å². The Labute approximate surface area is 188 Å². The Kier molecular flexibility index (Phi) is 5.18. The van der Waals surface area contributed by atoms with Crippen molar-refractivity contribution in [2.45, 2.75) is 6.42 Å². The number of rotatable bonds is 7. The number of thiazole rings is 1. The molecule has 2 N–H and O–H groups in total. The fraction of sp³-hybridized carbons (Fsp3) is 0.364. The quantitative estimate of drug-likeness (QED) is 0.443. The van der Waals surface area contributed by atoms with E-state index < -0.39 is 0 Å². The number of pyridine rings is 2. The number of anilines is 1. The van der Waals surface area contributed by atoms with Gasteiger partial charge in [0.1, 0.15) is 16.2 Å². The van der Waals surface area contributed by atoms with Crippen LogP contribution in [0.4, 0.5) is 5.82 Å². The number of ether oxygens (including phenoxy) is 2. The van der Waals surface area contributed by atoms with Crippen LogP contribution in [0.1, 0.15) is 6.42 Å². The lowest BCUT2D eigenvalue weighted by atomic mass is 10.1. The number of nitrogens with one attached hydrogen (secondary N) is 2. The molecule has 2 atom stereocenters. The molecule has 0 unspecified atom stereocenters. The zero-order valence-corrected chi connectivity index (χ0v) is 19.1. The molecule has 0 aromatic carbocycles. The molecule has 4 heterocycles. The molecule has 9 nitrogen and oxygen atoms in total. The number of nitrogens with zero attached hydrogens (tertiary/aromatic N) is 4. The van der Waals surface area contributed by atoms with Crippen LogP contribution in [0.15, 0.2) is 23.8 Å². The van der Waals surface area contributed by atoms with Gasteiger partial charge in [-0.1, -0.05) is 0 Å². The van der Waals surface area contributed by atoms with Crippen LogP contribution in [-0.4, -0.2) is 65.6 Å². The Balaban J connectivity index is 1.47. The molecule has 1 aliphatic rings. The van der Waals surface area contributed by atoms with Gasteiger partial charge in [0.15, 0.2) is 11.4 Å². The van der Waals surface area contributed by atoms with E-state index in [4.69, 9.17) is 9.47 Å². The maximum Gasteiger partial charge on any atom is 0.228 e. The van der Waals surface area contributed by atoms with Gasteiger partial charge in [0.2, 0.25) is 11.8 Å². The predicted octanol–water partition coefficient (Wildman–Crippen LogP) is 3.39. The second-order valence-corrected chi connectivity index (χ2v) is 9.04. The topological polar surface area (TPSA) is 105 Å². The number of hydrogen-bond acceptors (Lipinski definition) is 8. The van der Waals surface area contributed by atoms with Crippen LogP contribution in [0, 0.1) is 11.8 Å². The molecule has 0 saturated heterocycles. The molecular weight excluding hydrogens is 428 g/mol.